The van der Waals surface area contributed by atoms with Crippen molar-refractivity contribution in [3.63, 3.8) is 0 Å². The molecule has 1 aliphatic rings. The van der Waals surface area contributed by atoms with Crippen molar-refractivity contribution in [2.75, 3.05) is 27.3 Å². The van der Waals surface area contributed by atoms with E-state index in [0.717, 1.165) is 21.6 Å². The van der Waals surface area contributed by atoms with E-state index in [9.17, 15) is 18.0 Å². The smallest absolute Gasteiger partial charge is 0.420 e. The Balaban J connectivity index is 1.50. The number of halogens is 4. The number of aromatic nitrogens is 2. The van der Waals surface area contributed by atoms with Crippen LogP contribution in [0.3, 0.4) is 0 Å². The van der Waals surface area contributed by atoms with Crippen molar-refractivity contribution >= 4 is 28.7 Å². The summed E-state index contributed by atoms with van der Waals surface area (Å²) in [6, 6.07) is 7.96. The van der Waals surface area contributed by atoms with Gasteiger partial charge in [-0.25, -0.2) is 4.98 Å². The highest BCUT2D eigenvalue weighted by molar-refractivity contribution is 6.33. The molecule has 0 radical (unpaired) electrons. The molecule has 4 aromatic rings. The van der Waals surface area contributed by atoms with Crippen LogP contribution in [0, 0.1) is 0 Å². The molecule has 0 N–H and O–H groups in total. The number of alkyl halides is 3. The van der Waals surface area contributed by atoms with Crippen LogP contribution in [0.2, 0.25) is 5.15 Å². The maximum absolute atomic E-state index is 13.9. The Morgan fingerprint density at radius 3 is 2.43 bits per heavy atom. The minimum Gasteiger partial charge on any atom is -0.496 e. The lowest BCUT2D eigenvalue weighted by Crippen LogP contribution is -2.35. The van der Waals surface area contributed by atoms with Crippen LogP contribution in [0.25, 0.3) is 22.3 Å². The molecule has 0 atom stereocenters. The first-order valence-corrected chi connectivity index (χ1v) is 11.6. The molecular formula is C26H21ClF3N3O4. The van der Waals surface area contributed by atoms with Gasteiger partial charge in [-0.1, -0.05) is 23.7 Å². The average Bonchev–Trinajstić information content (AvgIpc) is 3.55. The molecule has 37 heavy (non-hydrogen) atoms. The lowest BCUT2D eigenvalue weighted by molar-refractivity contribution is -0.136. The van der Waals surface area contributed by atoms with Crippen molar-refractivity contribution in [1.29, 1.82) is 0 Å². The SMILES string of the molecule is COc1cccc(OC)c1C1=CCN(C(=O)c2nc3c(C(F)(F)F)cc(-c4ccoc4)cn3c2Cl)CC1. The van der Waals surface area contributed by atoms with Gasteiger partial charge in [0.2, 0.25) is 0 Å². The molecule has 0 saturated heterocycles. The zero-order valence-corrected chi connectivity index (χ0v) is 20.6. The molecule has 0 unspecified atom stereocenters. The third-order valence-electron chi connectivity index (χ3n) is 6.27. The van der Waals surface area contributed by atoms with E-state index >= 15 is 0 Å². The Kier molecular flexibility index (Phi) is 6.36. The topological polar surface area (TPSA) is 69.2 Å². The number of fused-ring (bicyclic) bond motifs is 1. The van der Waals surface area contributed by atoms with Crippen molar-refractivity contribution in [2.24, 2.45) is 0 Å². The highest BCUT2D eigenvalue weighted by Gasteiger charge is 2.37. The predicted molar refractivity (Wildman–Crippen MR) is 131 cm³/mol. The number of carbonyl (C=O) groups excluding carboxylic acids is 1. The van der Waals surface area contributed by atoms with Crippen molar-refractivity contribution in [1.82, 2.24) is 14.3 Å². The quantitative estimate of drug-likeness (QED) is 0.306. The minimum atomic E-state index is -4.72. The Labute approximate surface area is 214 Å². The van der Waals surface area contributed by atoms with E-state index in [0.29, 0.717) is 30.0 Å². The van der Waals surface area contributed by atoms with Crippen LogP contribution in [-0.4, -0.2) is 47.5 Å². The summed E-state index contributed by atoms with van der Waals surface area (Å²) in [7, 11) is 3.13. The fourth-order valence-electron chi connectivity index (χ4n) is 4.45. The van der Waals surface area contributed by atoms with E-state index in [1.807, 2.05) is 24.3 Å². The van der Waals surface area contributed by atoms with E-state index in [2.05, 4.69) is 4.98 Å². The van der Waals surface area contributed by atoms with E-state index in [4.69, 9.17) is 25.5 Å². The summed E-state index contributed by atoms with van der Waals surface area (Å²) >= 11 is 6.44. The zero-order chi connectivity index (χ0) is 26.3. The normalized spacial score (nSPS) is 14.1. The van der Waals surface area contributed by atoms with Gasteiger partial charge >= 0.3 is 6.18 Å². The molecule has 0 bridgehead atoms. The maximum atomic E-state index is 13.9. The van der Waals surface area contributed by atoms with Gasteiger partial charge in [-0.3, -0.25) is 9.20 Å². The number of benzene rings is 1. The van der Waals surface area contributed by atoms with Crippen molar-refractivity contribution in [3.05, 3.63) is 77.1 Å². The summed E-state index contributed by atoms with van der Waals surface area (Å²) in [5, 5.41) is -0.197. The van der Waals surface area contributed by atoms with Crippen molar-refractivity contribution < 1.29 is 31.9 Å². The molecule has 0 spiro atoms. The van der Waals surface area contributed by atoms with E-state index in [1.54, 1.807) is 14.2 Å². The van der Waals surface area contributed by atoms with E-state index < -0.39 is 23.3 Å². The zero-order valence-electron chi connectivity index (χ0n) is 19.8. The van der Waals surface area contributed by atoms with Crippen LogP contribution in [0.15, 0.2) is 59.5 Å². The number of hydrogen-bond acceptors (Lipinski definition) is 5. The number of nitrogens with zero attached hydrogens (tertiary/aromatic N) is 3. The molecule has 7 nitrogen and oxygen atoms in total. The maximum Gasteiger partial charge on any atom is 0.420 e. The van der Waals surface area contributed by atoms with Gasteiger partial charge in [-0.2, -0.15) is 13.2 Å². The van der Waals surface area contributed by atoms with Crippen LogP contribution >= 0.6 is 11.6 Å². The van der Waals surface area contributed by atoms with Gasteiger partial charge < -0.3 is 18.8 Å². The Morgan fingerprint density at radius 2 is 1.86 bits per heavy atom. The summed E-state index contributed by atoms with van der Waals surface area (Å²) in [5.41, 5.74) is 0.698. The fourth-order valence-corrected chi connectivity index (χ4v) is 4.70. The van der Waals surface area contributed by atoms with Crippen molar-refractivity contribution in [2.45, 2.75) is 12.6 Å². The number of hydrogen-bond donors (Lipinski definition) is 0. The summed E-state index contributed by atoms with van der Waals surface area (Å²) < 4.78 is 58.8. The molecule has 11 heteroatoms. The largest absolute Gasteiger partial charge is 0.496 e. The van der Waals surface area contributed by atoms with Gasteiger partial charge in [-0.15, -0.1) is 0 Å². The summed E-state index contributed by atoms with van der Waals surface area (Å²) in [6.45, 7) is 0.522. The summed E-state index contributed by atoms with van der Waals surface area (Å²) in [4.78, 5) is 18.9. The van der Waals surface area contributed by atoms with Crippen LogP contribution in [0.1, 0.15) is 28.0 Å². The first-order valence-electron chi connectivity index (χ1n) is 11.2. The number of rotatable bonds is 5. The van der Waals surface area contributed by atoms with Crippen LogP contribution in [-0.2, 0) is 6.18 Å². The third-order valence-corrected chi connectivity index (χ3v) is 6.63. The fraction of sp³-hybridized carbons (Fsp3) is 0.231. The standard InChI is InChI=1S/C26H21ClF3N3O4/c1-35-19-4-3-5-20(36-2)21(19)15-6-9-32(10-7-15)25(34)22-23(27)33-13-17(16-8-11-37-14-16)12-18(24(33)31-22)26(28,29)30/h3-6,8,11-14H,7,9-10H2,1-2H3. The van der Waals surface area contributed by atoms with Gasteiger partial charge in [0.15, 0.2) is 11.3 Å². The molecule has 5 rings (SSSR count). The molecule has 4 heterocycles. The number of ether oxygens (including phenoxy) is 2. The molecule has 0 fully saturated rings. The van der Waals surface area contributed by atoms with Gasteiger partial charge in [0, 0.05) is 30.4 Å². The van der Waals surface area contributed by atoms with Gasteiger partial charge in [-0.05, 0) is 36.3 Å². The van der Waals surface area contributed by atoms with Crippen molar-refractivity contribution in [3.8, 4) is 22.6 Å². The molecule has 1 aromatic carbocycles. The Morgan fingerprint density at radius 1 is 1.14 bits per heavy atom. The van der Waals surface area contributed by atoms with Crippen LogP contribution < -0.4 is 9.47 Å². The molecule has 1 amide bonds. The molecular weight excluding hydrogens is 511 g/mol. The highest BCUT2D eigenvalue weighted by Crippen LogP contribution is 2.39. The Hall–Kier alpha value is -3.92. The van der Waals surface area contributed by atoms with Gasteiger partial charge in [0.25, 0.3) is 5.91 Å². The van der Waals surface area contributed by atoms with Gasteiger partial charge in [0.1, 0.15) is 16.7 Å². The number of amides is 1. The number of pyridine rings is 1. The number of imidazole rings is 1. The molecule has 1 aliphatic heterocycles. The van der Waals surface area contributed by atoms with Crippen LogP contribution in [0.5, 0.6) is 11.5 Å². The first-order chi connectivity index (χ1) is 17.7. The second-order valence-corrected chi connectivity index (χ2v) is 8.72. The number of furan rings is 1. The summed E-state index contributed by atoms with van der Waals surface area (Å²) in [5.74, 6) is 0.720. The van der Waals surface area contributed by atoms with E-state index in [1.165, 1.54) is 29.7 Å². The molecule has 0 aliphatic carbocycles. The second-order valence-electron chi connectivity index (χ2n) is 8.37. The predicted octanol–water partition coefficient (Wildman–Crippen LogP) is 6.21. The van der Waals surface area contributed by atoms with E-state index in [-0.39, 0.29) is 23.0 Å². The molecule has 0 saturated carbocycles. The van der Waals surface area contributed by atoms with Gasteiger partial charge in [0.05, 0.1) is 37.9 Å². The lowest BCUT2D eigenvalue weighted by Gasteiger charge is -2.27. The second kappa shape index (κ2) is 9.51. The third kappa shape index (κ3) is 4.42. The Bertz CT molecular complexity index is 1490. The molecule has 3 aromatic heterocycles. The summed E-state index contributed by atoms with van der Waals surface area (Å²) in [6.07, 6.45) is 1.72. The van der Waals surface area contributed by atoms with Crippen LogP contribution in [0.4, 0.5) is 13.2 Å². The number of carbonyl (C=O) groups is 1. The average molecular weight is 532 g/mol. The minimum absolute atomic E-state index is 0.197. The lowest BCUT2D eigenvalue weighted by atomic mass is 9.97. The number of methoxy groups -OCH3 is 2. The first kappa shape index (κ1) is 24.8. The monoisotopic (exact) mass is 531 g/mol. The highest BCUT2D eigenvalue weighted by atomic mass is 35.5. The molecule has 192 valence electrons.